The van der Waals surface area contributed by atoms with Gasteiger partial charge >= 0.3 is 0 Å². The van der Waals surface area contributed by atoms with Gasteiger partial charge < -0.3 is 11.1 Å². The van der Waals surface area contributed by atoms with Crippen LogP contribution >= 0.6 is 0 Å². The molecule has 0 aromatic heterocycles. The van der Waals surface area contributed by atoms with E-state index in [1.54, 1.807) is 12.2 Å². The molecule has 18 heavy (non-hydrogen) atoms. The zero-order chi connectivity index (χ0) is 13.0. The third-order valence-corrected chi connectivity index (χ3v) is 3.43. The van der Waals surface area contributed by atoms with Gasteiger partial charge in [-0.25, -0.2) is 0 Å². The molecule has 0 radical (unpaired) electrons. The van der Waals surface area contributed by atoms with Crippen molar-refractivity contribution in [3.05, 3.63) is 35.4 Å². The van der Waals surface area contributed by atoms with Crippen LogP contribution in [0.15, 0.2) is 24.3 Å². The van der Waals surface area contributed by atoms with E-state index in [9.17, 15) is 4.79 Å². The Morgan fingerprint density at radius 2 is 2.11 bits per heavy atom. The highest BCUT2D eigenvalue weighted by molar-refractivity contribution is 5.92. The third kappa shape index (κ3) is 3.36. The molecule has 1 aromatic rings. The molecule has 3 heteroatoms. The Morgan fingerprint density at radius 3 is 2.78 bits per heavy atom. The number of rotatable bonds is 3. The molecule has 2 rings (SSSR count). The summed E-state index contributed by atoms with van der Waals surface area (Å²) in [4.78, 5) is 11.7. The summed E-state index contributed by atoms with van der Waals surface area (Å²) in [6.07, 6.45) is 8.06. The van der Waals surface area contributed by atoms with Gasteiger partial charge in [-0.1, -0.05) is 25.0 Å². The zero-order valence-electron chi connectivity index (χ0n) is 10.8. The molecule has 0 atom stereocenters. The molecular formula is C15H20N2O. The number of hydrogen-bond acceptors (Lipinski definition) is 2. The average molecular weight is 244 g/mol. The van der Waals surface area contributed by atoms with E-state index in [1.807, 2.05) is 25.1 Å². The SMILES string of the molecule is Cc1ccc(/C=C/C(=O)NC2CCCC2)cc1N. The molecule has 0 bridgehead atoms. The first-order chi connectivity index (χ1) is 8.65. The summed E-state index contributed by atoms with van der Waals surface area (Å²) in [5.74, 6) is -0.0129. The first-order valence-electron chi connectivity index (χ1n) is 6.50. The molecule has 0 saturated heterocycles. The van der Waals surface area contributed by atoms with Gasteiger partial charge in [-0.05, 0) is 43.0 Å². The van der Waals surface area contributed by atoms with Gasteiger partial charge in [0.1, 0.15) is 0 Å². The number of anilines is 1. The number of nitrogen functional groups attached to an aromatic ring is 1. The van der Waals surface area contributed by atoms with Crippen LogP contribution in [0.2, 0.25) is 0 Å². The second kappa shape index (κ2) is 5.71. The fourth-order valence-electron chi connectivity index (χ4n) is 2.25. The highest BCUT2D eigenvalue weighted by atomic mass is 16.1. The Labute approximate surface area is 108 Å². The van der Waals surface area contributed by atoms with Gasteiger partial charge in [0.15, 0.2) is 0 Å². The fraction of sp³-hybridized carbons (Fsp3) is 0.400. The summed E-state index contributed by atoms with van der Waals surface area (Å²) in [5.41, 5.74) is 8.60. The van der Waals surface area contributed by atoms with Crippen molar-refractivity contribution < 1.29 is 4.79 Å². The second-order valence-corrected chi connectivity index (χ2v) is 4.94. The van der Waals surface area contributed by atoms with Crippen molar-refractivity contribution in [2.75, 3.05) is 5.73 Å². The summed E-state index contributed by atoms with van der Waals surface area (Å²) in [6, 6.07) is 6.18. The van der Waals surface area contributed by atoms with Crippen molar-refractivity contribution in [1.29, 1.82) is 0 Å². The normalized spacial score (nSPS) is 16.3. The van der Waals surface area contributed by atoms with Gasteiger partial charge in [0, 0.05) is 17.8 Å². The summed E-state index contributed by atoms with van der Waals surface area (Å²) in [5, 5.41) is 3.02. The first kappa shape index (κ1) is 12.7. The maximum atomic E-state index is 11.7. The standard InChI is InChI=1S/C15H20N2O/c1-11-6-7-12(10-14(11)16)8-9-15(18)17-13-4-2-3-5-13/h6-10,13H,2-5,16H2,1H3,(H,17,18)/b9-8+. The number of hydrogen-bond donors (Lipinski definition) is 2. The van der Waals surface area contributed by atoms with E-state index >= 15 is 0 Å². The number of benzene rings is 1. The minimum atomic E-state index is -0.0129. The lowest BCUT2D eigenvalue weighted by molar-refractivity contribution is -0.117. The summed E-state index contributed by atoms with van der Waals surface area (Å²) >= 11 is 0. The Hall–Kier alpha value is -1.77. The summed E-state index contributed by atoms with van der Waals surface area (Å²) < 4.78 is 0. The van der Waals surface area contributed by atoms with Gasteiger partial charge in [0.2, 0.25) is 5.91 Å². The van der Waals surface area contributed by atoms with Crippen LogP contribution in [0.4, 0.5) is 5.69 Å². The molecule has 0 unspecified atom stereocenters. The average Bonchev–Trinajstić information content (AvgIpc) is 2.83. The van der Waals surface area contributed by atoms with Crippen LogP contribution in [0, 0.1) is 6.92 Å². The second-order valence-electron chi connectivity index (χ2n) is 4.94. The quantitative estimate of drug-likeness (QED) is 0.634. The first-order valence-corrected chi connectivity index (χ1v) is 6.50. The van der Waals surface area contributed by atoms with Gasteiger partial charge in [-0.3, -0.25) is 4.79 Å². The van der Waals surface area contributed by atoms with Crippen molar-refractivity contribution in [3.8, 4) is 0 Å². The Morgan fingerprint density at radius 1 is 1.39 bits per heavy atom. The molecule has 3 N–H and O–H groups in total. The van der Waals surface area contributed by atoms with Crippen molar-refractivity contribution in [2.24, 2.45) is 0 Å². The molecule has 96 valence electrons. The summed E-state index contributed by atoms with van der Waals surface area (Å²) in [7, 11) is 0. The number of carbonyl (C=O) groups is 1. The van der Waals surface area contributed by atoms with Gasteiger partial charge in [-0.2, -0.15) is 0 Å². The lowest BCUT2D eigenvalue weighted by Crippen LogP contribution is -2.30. The van der Waals surface area contributed by atoms with Crippen LogP contribution < -0.4 is 11.1 Å². The van der Waals surface area contributed by atoms with Crippen LogP contribution in [0.5, 0.6) is 0 Å². The van der Waals surface area contributed by atoms with Crippen molar-refractivity contribution in [3.63, 3.8) is 0 Å². The molecule has 1 aliphatic carbocycles. The molecule has 1 fully saturated rings. The van der Waals surface area contributed by atoms with E-state index in [2.05, 4.69) is 5.32 Å². The van der Waals surface area contributed by atoms with Gasteiger partial charge in [0.05, 0.1) is 0 Å². The lowest BCUT2D eigenvalue weighted by atomic mass is 10.1. The molecule has 0 spiro atoms. The van der Waals surface area contributed by atoms with E-state index < -0.39 is 0 Å². The molecule has 1 saturated carbocycles. The van der Waals surface area contributed by atoms with Crippen molar-refractivity contribution in [1.82, 2.24) is 5.32 Å². The molecule has 1 aliphatic rings. The molecule has 3 nitrogen and oxygen atoms in total. The third-order valence-electron chi connectivity index (χ3n) is 3.43. The van der Waals surface area contributed by atoms with Crippen molar-refractivity contribution >= 4 is 17.7 Å². The van der Waals surface area contributed by atoms with Crippen LogP contribution in [0.3, 0.4) is 0 Å². The van der Waals surface area contributed by atoms with Gasteiger partial charge in [0.25, 0.3) is 0 Å². The maximum Gasteiger partial charge on any atom is 0.244 e. The maximum absolute atomic E-state index is 11.7. The van der Waals surface area contributed by atoms with E-state index in [1.165, 1.54) is 12.8 Å². The number of nitrogens with two attached hydrogens (primary N) is 1. The monoisotopic (exact) mass is 244 g/mol. The molecule has 0 aliphatic heterocycles. The Balaban J connectivity index is 1.92. The minimum absolute atomic E-state index is 0.0129. The largest absolute Gasteiger partial charge is 0.398 e. The zero-order valence-corrected chi connectivity index (χ0v) is 10.8. The van der Waals surface area contributed by atoms with Gasteiger partial charge in [-0.15, -0.1) is 0 Å². The Kier molecular flexibility index (Phi) is 4.03. The van der Waals surface area contributed by atoms with E-state index in [4.69, 9.17) is 5.73 Å². The van der Waals surface area contributed by atoms with Crippen LogP contribution in [0.1, 0.15) is 36.8 Å². The van der Waals surface area contributed by atoms with Crippen molar-refractivity contribution in [2.45, 2.75) is 38.6 Å². The van der Waals surface area contributed by atoms with E-state index in [-0.39, 0.29) is 5.91 Å². The predicted molar refractivity (Wildman–Crippen MR) is 75.0 cm³/mol. The minimum Gasteiger partial charge on any atom is -0.398 e. The number of nitrogens with one attached hydrogen (secondary N) is 1. The molecule has 0 heterocycles. The number of amides is 1. The molecular weight excluding hydrogens is 224 g/mol. The lowest BCUT2D eigenvalue weighted by Gasteiger charge is -2.09. The van der Waals surface area contributed by atoms with Crippen LogP contribution in [-0.4, -0.2) is 11.9 Å². The highest BCUT2D eigenvalue weighted by Crippen LogP contribution is 2.17. The topological polar surface area (TPSA) is 55.1 Å². The van der Waals surface area contributed by atoms with E-state index in [0.29, 0.717) is 6.04 Å². The smallest absolute Gasteiger partial charge is 0.244 e. The van der Waals surface area contributed by atoms with Crippen LogP contribution in [-0.2, 0) is 4.79 Å². The summed E-state index contributed by atoms with van der Waals surface area (Å²) in [6.45, 7) is 1.97. The Bertz CT molecular complexity index is 460. The highest BCUT2D eigenvalue weighted by Gasteiger charge is 2.15. The molecule has 1 aromatic carbocycles. The van der Waals surface area contributed by atoms with E-state index in [0.717, 1.165) is 29.7 Å². The number of aryl methyl sites for hydroxylation is 1. The predicted octanol–water partition coefficient (Wildman–Crippen LogP) is 2.65. The fourth-order valence-corrected chi connectivity index (χ4v) is 2.25. The number of carbonyl (C=O) groups excluding carboxylic acids is 1. The van der Waals surface area contributed by atoms with Crippen LogP contribution in [0.25, 0.3) is 6.08 Å². The molecule has 1 amide bonds.